The molecule has 2 N–H and O–H groups in total. The van der Waals surface area contributed by atoms with Crippen molar-refractivity contribution in [3.63, 3.8) is 0 Å². The van der Waals surface area contributed by atoms with E-state index in [9.17, 15) is 5.11 Å². The summed E-state index contributed by atoms with van der Waals surface area (Å²) in [5, 5.41) is 17.1. The first-order valence-corrected chi connectivity index (χ1v) is 12.5. The first-order valence-electron chi connectivity index (χ1n) is 11.0. The molecule has 3 heteroatoms. The molecule has 0 aliphatic carbocycles. The molecule has 3 aromatic carbocycles. The second-order valence-electron chi connectivity index (χ2n) is 8.15. The minimum Gasteiger partial charge on any atom is -0.387 e. The standard InChI is InChI=1S/C27H34NOP/c1-4-21(2)19-23-15-17-26(18-16-23)30(25-13-9-6-10-14-25)20-28-22(3)27(29)24-11-7-5-8-12-24/h5-18,21-22,27-29H,4,19-20H2,1-3H3. The van der Waals surface area contributed by atoms with Gasteiger partial charge in [-0.1, -0.05) is 105 Å². The van der Waals surface area contributed by atoms with Gasteiger partial charge in [-0.15, -0.1) is 0 Å². The molecule has 158 valence electrons. The van der Waals surface area contributed by atoms with Crippen LogP contribution >= 0.6 is 7.92 Å². The smallest absolute Gasteiger partial charge is 0.0940 e. The van der Waals surface area contributed by atoms with Crippen molar-refractivity contribution in [2.24, 2.45) is 5.92 Å². The second kappa shape index (κ2) is 11.4. The summed E-state index contributed by atoms with van der Waals surface area (Å²) in [6.07, 6.45) is 2.68. The molecule has 0 radical (unpaired) electrons. The van der Waals surface area contributed by atoms with Crippen LogP contribution in [0.1, 0.15) is 44.4 Å². The third kappa shape index (κ3) is 6.25. The molecule has 3 rings (SSSR count). The lowest BCUT2D eigenvalue weighted by molar-refractivity contribution is 0.139. The van der Waals surface area contributed by atoms with Crippen LogP contribution in [-0.4, -0.2) is 17.4 Å². The van der Waals surface area contributed by atoms with E-state index < -0.39 is 14.0 Å². The Labute approximate surface area is 183 Å². The molecule has 4 unspecified atom stereocenters. The molecule has 0 saturated carbocycles. The maximum atomic E-state index is 10.7. The van der Waals surface area contributed by atoms with E-state index in [1.807, 2.05) is 30.3 Å². The summed E-state index contributed by atoms with van der Waals surface area (Å²) in [5.41, 5.74) is 2.37. The van der Waals surface area contributed by atoms with Crippen LogP contribution in [0.15, 0.2) is 84.9 Å². The molecule has 0 aliphatic heterocycles. The van der Waals surface area contributed by atoms with Crippen LogP contribution in [0.5, 0.6) is 0 Å². The Morgan fingerprint density at radius 3 is 1.97 bits per heavy atom. The van der Waals surface area contributed by atoms with Gasteiger partial charge in [0.25, 0.3) is 0 Å². The summed E-state index contributed by atoms with van der Waals surface area (Å²) in [4.78, 5) is 0. The number of aliphatic hydroxyl groups is 1. The predicted octanol–water partition coefficient (Wildman–Crippen LogP) is 5.38. The van der Waals surface area contributed by atoms with Crippen molar-refractivity contribution in [1.82, 2.24) is 5.32 Å². The Kier molecular flexibility index (Phi) is 8.63. The van der Waals surface area contributed by atoms with Crippen LogP contribution in [0, 0.1) is 5.92 Å². The molecular formula is C27H34NOP. The normalized spacial score (nSPS) is 15.3. The van der Waals surface area contributed by atoms with Gasteiger partial charge in [0.1, 0.15) is 0 Å². The van der Waals surface area contributed by atoms with Crippen molar-refractivity contribution in [2.45, 2.75) is 45.8 Å². The zero-order valence-electron chi connectivity index (χ0n) is 18.3. The third-order valence-electron chi connectivity index (χ3n) is 5.78. The highest BCUT2D eigenvalue weighted by atomic mass is 31.1. The van der Waals surface area contributed by atoms with Crippen LogP contribution in [-0.2, 0) is 6.42 Å². The monoisotopic (exact) mass is 419 g/mol. The summed E-state index contributed by atoms with van der Waals surface area (Å²) < 4.78 is 0. The van der Waals surface area contributed by atoms with Crippen LogP contribution < -0.4 is 15.9 Å². The average molecular weight is 420 g/mol. The van der Waals surface area contributed by atoms with E-state index in [1.165, 1.54) is 22.6 Å². The highest BCUT2D eigenvalue weighted by Gasteiger charge is 2.19. The maximum Gasteiger partial charge on any atom is 0.0940 e. The Balaban J connectivity index is 1.73. The van der Waals surface area contributed by atoms with E-state index in [1.54, 1.807) is 0 Å². The fraction of sp³-hybridized carbons (Fsp3) is 0.333. The quantitative estimate of drug-likeness (QED) is 0.433. The number of hydrogen-bond acceptors (Lipinski definition) is 2. The second-order valence-corrected chi connectivity index (χ2v) is 10.4. The Morgan fingerprint density at radius 2 is 1.37 bits per heavy atom. The zero-order chi connectivity index (χ0) is 21.3. The van der Waals surface area contributed by atoms with Gasteiger partial charge in [-0.05, 0) is 48.9 Å². The Morgan fingerprint density at radius 1 is 0.800 bits per heavy atom. The third-order valence-corrected chi connectivity index (χ3v) is 8.12. The van der Waals surface area contributed by atoms with Crippen LogP contribution in [0.25, 0.3) is 0 Å². The van der Waals surface area contributed by atoms with Gasteiger partial charge in [0, 0.05) is 12.3 Å². The number of benzene rings is 3. The molecule has 0 bridgehead atoms. The predicted molar refractivity (Wildman–Crippen MR) is 131 cm³/mol. The number of aliphatic hydroxyl groups excluding tert-OH is 1. The fourth-order valence-corrected chi connectivity index (χ4v) is 5.76. The highest BCUT2D eigenvalue weighted by Crippen LogP contribution is 2.33. The number of rotatable bonds is 10. The molecule has 4 atom stereocenters. The first-order chi connectivity index (χ1) is 14.6. The lowest BCUT2D eigenvalue weighted by atomic mass is 9.99. The summed E-state index contributed by atoms with van der Waals surface area (Å²) in [6.45, 7) is 6.63. The molecule has 0 heterocycles. The molecule has 0 aromatic heterocycles. The molecule has 3 aromatic rings. The van der Waals surface area contributed by atoms with Gasteiger partial charge in [-0.3, -0.25) is 0 Å². The van der Waals surface area contributed by atoms with Crippen LogP contribution in [0.2, 0.25) is 0 Å². The lowest BCUT2D eigenvalue weighted by Gasteiger charge is -2.25. The number of nitrogens with one attached hydrogen (secondary N) is 1. The fourth-order valence-electron chi connectivity index (χ4n) is 3.58. The molecular weight excluding hydrogens is 385 g/mol. The highest BCUT2D eigenvalue weighted by molar-refractivity contribution is 7.72. The molecule has 30 heavy (non-hydrogen) atoms. The summed E-state index contributed by atoms with van der Waals surface area (Å²) in [7, 11) is -0.536. The van der Waals surface area contributed by atoms with Gasteiger partial charge >= 0.3 is 0 Å². The van der Waals surface area contributed by atoms with Crippen molar-refractivity contribution in [3.05, 3.63) is 96.1 Å². The van der Waals surface area contributed by atoms with E-state index >= 15 is 0 Å². The van der Waals surface area contributed by atoms with Gasteiger partial charge in [0.05, 0.1) is 6.10 Å². The van der Waals surface area contributed by atoms with Gasteiger partial charge in [-0.2, -0.15) is 0 Å². The van der Waals surface area contributed by atoms with E-state index in [2.05, 4.69) is 80.7 Å². The maximum absolute atomic E-state index is 10.7. The Bertz CT molecular complexity index is 866. The van der Waals surface area contributed by atoms with Crippen molar-refractivity contribution < 1.29 is 5.11 Å². The lowest BCUT2D eigenvalue weighted by Crippen LogP contribution is -2.34. The summed E-state index contributed by atoms with van der Waals surface area (Å²) in [6, 6.07) is 29.8. The van der Waals surface area contributed by atoms with Gasteiger partial charge in [0.2, 0.25) is 0 Å². The van der Waals surface area contributed by atoms with Gasteiger partial charge in [-0.25, -0.2) is 0 Å². The van der Waals surface area contributed by atoms with E-state index in [-0.39, 0.29) is 6.04 Å². The van der Waals surface area contributed by atoms with Gasteiger partial charge < -0.3 is 10.4 Å². The summed E-state index contributed by atoms with van der Waals surface area (Å²) in [5.74, 6) is 0.716. The minimum absolute atomic E-state index is 0.0224. The van der Waals surface area contributed by atoms with E-state index in [4.69, 9.17) is 0 Å². The molecule has 0 saturated heterocycles. The number of hydrogen-bond donors (Lipinski definition) is 2. The van der Waals surface area contributed by atoms with Crippen LogP contribution in [0.3, 0.4) is 0 Å². The Hall–Kier alpha value is -1.99. The topological polar surface area (TPSA) is 32.3 Å². The molecule has 0 aliphatic rings. The van der Waals surface area contributed by atoms with E-state index in [0.717, 1.165) is 18.3 Å². The molecule has 0 amide bonds. The van der Waals surface area contributed by atoms with Gasteiger partial charge in [0.15, 0.2) is 0 Å². The van der Waals surface area contributed by atoms with Crippen LogP contribution in [0.4, 0.5) is 0 Å². The molecule has 2 nitrogen and oxygen atoms in total. The zero-order valence-corrected chi connectivity index (χ0v) is 19.2. The first kappa shape index (κ1) is 22.7. The molecule has 0 fully saturated rings. The largest absolute Gasteiger partial charge is 0.387 e. The minimum atomic E-state index is -0.536. The summed E-state index contributed by atoms with van der Waals surface area (Å²) >= 11 is 0. The van der Waals surface area contributed by atoms with Crippen molar-refractivity contribution in [1.29, 1.82) is 0 Å². The average Bonchev–Trinajstić information content (AvgIpc) is 2.80. The molecule has 0 spiro atoms. The SMILES string of the molecule is CCC(C)Cc1ccc(P(CNC(C)C(O)c2ccccc2)c2ccccc2)cc1. The van der Waals surface area contributed by atoms with Crippen molar-refractivity contribution in [3.8, 4) is 0 Å². The van der Waals surface area contributed by atoms with Crippen molar-refractivity contribution in [2.75, 3.05) is 6.29 Å². The van der Waals surface area contributed by atoms with Crippen molar-refractivity contribution >= 4 is 18.5 Å². The van der Waals surface area contributed by atoms with E-state index in [0.29, 0.717) is 5.92 Å².